The summed E-state index contributed by atoms with van der Waals surface area (Å²) in [7, 11) is 1.48. The molecular weight excluding hydrogens is 434 g/mol. The Hall–Kier alpha value is -1.83. The van der Waals surface area contributed by atoms with Crippen LogP contribution in [0.15, 0.2) is 39.7 Å². The Morgan fingerprint density at radius 2 is 1.96 bits per heavy atom. The van der Waals surface area contributed by atoms with Gasteiger partial charge >= 0.3 is 0 Å². The summed E-state index contributed by atoms with van der Waals surface area (Å²) < 4.78 is 6.29. The van der Waals surface area contributed by atoms with Gasteiger partial charge in [0.15, 0.2) is 15.8 Å². The molecule has 3 rings (SSSR count). The molecule has 1 aliphatic heterocycles. The molecule has 4 nitrogen and oxygen atoms in total. The molecule has 0 radical (unpaired) electrons. The predicted octanol–water partition coefficient (Wildman–Crippen LogP) is 5.19. The maximum absolute atomic E-state index is 12.9. The molecule has 1 amide bonds. The van der Waals surface area contributed by atoms with Gasteiger partial charge in [0.2, 0.25) is 0 Å². The number of carbonyl (C=O) groups excluding carboxylic acids is 1. The second-order valence-corrected chi connectivity index (χ2v) is 8.36. The SMILES string of the molecule is COc1cc(C=C2SC(=S)N(c3ccc(C)c(C)c3)C2=O)c(Br)cc1O. The van der Waals surface area contributed by atoms with Gasteiger partial charge in [-0.3, -0.25) is 9.69 Å². The summed E-state index contributed by atoms with van der Waals surface area (Å²) in [6.45, 7) is 4.03. The number of nitrogens with zero attached hydrogens (tertiary/aromatic N) is 1. The number of anilines is 1. The third-order valence-corrected chi connectivity index (χ3v) is 6.12. The maximum atomic E-state index is 12.9. The fourth-order valence-electron chi connectivity index (χ4n) is 2.53. The van der Waals surface area contributed by atoms with Gasteiger partial charge in [0.05, 0.1) is 17.7 Å². The molecule has 0 unspecified atom stereocenters. The zero-order valence-corrected chi connectivity index (χ0v) is 17.6. The van der Waals surface area contributed by atoms with Gasteiger partial charge in [-0.1, -0.05) is 46.0 Å². The molecule has 7 heteroatoms. The minimum atomic E-state index is -0.165. The van der Waals surface area contributed by atoms with Gasteiger partial charge in [-0.25, -0.2) is 0 Å². The van der Waals surface area contributed by atoms with E-state index in [4.69, 9.17) is 17.0 Å². The van der Waals surface area contributed by atoms with Gasteiger partial charge in [-0.15, -0.1) is 0 Å². The first-order chi connectivity index (χ1) is 12.3. The summed E-state index contributed by atoms with van der Waals surface area (Å²) in [4.78, 5) is 15.0. The van der Waals surface area contributed by atoms with Crippen molar-refractivity contribution in [3.05, 3.63) is 56.4 Å². The van der Waals surface area contributed by atoms with Gasteiger partial charge in [0.1, 0.15) is 0 Å². The van der Waals surface area contributed by atoms with E-state index in [1.807, 2.05) is 32.0 Å². The van der Waals surface area contributed by atoms with Crippen molar-refractivity contribution >= 4 is 61.9 Å². The van der Waals surface area contributed by atoms with E-state index in [0.29, 0.717) is 19.4 Å². The van der Waals surface area contributed by atoms with E-state index in [1.54, 1.807) is 17.0 Å². The number of carbonyl (C=O) groups is 1. The first-order valence-corrected chi connectivity index (χ1v) is 9.75. The molecule has 1 heterocycles. The highest BCUT2D eigenvalue weighted by atomic mass is 79.9. The molecule has 134 valence electrons. The second-order valence-electron chi connectivity index (χ2n) is 5.83. The molecule has 0 spiro atoms. The molecule has 0 atom stereocenters. The third-order valence-electron chi connectivity index (χ3n) is 4.13. The molecule has 1 aliphatic rings. The van der Waals surface area contributed by atoms with Crippen molar-refractivity contribution in [3.8, 4) is 11.5 Å². The highest BCUT2D eigenvalue weighted by Gasteiger charge is 2.33. The van der Waals surface area contributed by atoms with E-state index in [2.05, 4.69) is 15.9 Å². The van der Waals surface area contributed by atoms with Crippen molar-refractivity contribution in [1.82, 2.24) is 0 Å². The Balaban J connectivity index is 1.98. The van der Waals surface area contributed by atoms with Crippen molar-refractivity contribution in [1.29, 1.82) is 0 Å². The number of rotatable bonds is 3. The van der Waals surface area contributed by atoms with E-state index in [9.17, 15) is 9.90 Å². The smallest absolute Gasteiger partial charge is 0.270 e. The highest BCUT2D eigenvalue weighted by molar-refractivity contribution is 9.10. The normalized spacial score (nSPS) is 15.8. The van der Waals surface area contributed by atoms with Gasteiger partial charge in [0.25, 0.3) is 5.91 Å². The van der Waals surface area contributed by atoms with Crippen LogP contribution in [-0.4, -0.2) is 22.4 Å². The lowest BCUT2D eigenvalue weighted by Crippen LogP contribution is -2.27. The van der Waals surface area contributed by atoms with Crippen molar-refractivity contribution in [3.63, 3.8) is 0 Å². The average Bonchev–Trinajstić information content (AvgIpc) is 2.86. The van der Waals surface area contributed by atoms with Crippen LogP contribution in [0.1, 0.15) is 16.7 Å². The minimum Gasteiger partial charge on any atom is -0.504 e. The number of amides is 1. The van der Waals surface area contributed by atoms with E-state index in [0.717, 1.165) is 22.4 Å². The number of hydrogen-bond donors (Lipinski definition) is 1. The lowest BCUT2D eigenvalue weighted by atomic mass is 10.1. The lowest BCUT2D eigenvalue weighted by molar-refractivity contribution is -0.113. The number of phenolic OH excluding ortho intramolecular Hbond substituents is 1. The van der Waals surface area contributed by atoms with Crippen molar-refractivity contribution in [2.75, 3.05) is 12.0 Å². The van der Waals surface area contributed by atoms with Crippen LogP contribution in [0.25, 0.3) is 6.08 Å². The standard InChI is InChI=1S/C19H16BrNO3S2/c1-10-4-5-13(6-11(10)2)21-18(23)17(26-19(21)25)8-12-7-16(24-3)15(22)9-14(12)20/h4-9,22H,1-3H3. The van der Waals surface area contributed by atoms with Crippen LogP contribution in [0, 0.1) is 13.8 Å². The number of ether oxygens (including phenoxy) is 1. The Bertz CT molecular complexity index is 956. The molecule has 26 heavy (non-hydrogen) atoms. The molecule has 2 aromatic rings. The number of benzene rings is 2. The molecule has 1 N–H and O–H groups in total. The van der Waals surface area contributed by atoms with E-state index < -0.39 is 0 Å². The first-order valence-electron chi connectivity index (χ1n) is 7.73. The average molecular weight is 450 g/mol. The predicted molar refractivity (Wildman–Crippen MR) is 114 cm³/mol. The molecule has 0 aliphatic carbocycles. The Kier molecular flexibility index (Phi) is 5.41. The summed E-state index contributed by atoms with van der Waals surface area (Å²) in [5.41, 5.74) is 3.75. The fraction of sp³-hybridized carbons (Fsp3) is 0.158. The van der Waals surface area contributed by atoms with E-state index in [-0.39, 0.29) is 11.7 Å². The highest BCUT2D eigenvalue weighted by Crippen LogP contribution is 2.39. The van der Waals surface area contributed by atoms with Crippen molar-refractivity contribution in [2.24, 2.45) is 0 Å². The van der Waals surface area contributed by atoms with Crippen molar-refractivity contribution in [2.45, 2.75) is 13.8 Å². The number of phenols is 1. The number of thiocarbonyl (C=S) groups is 1. The number of aryl methyl sites for hydroxylation is 2. The fourth-order valence-corrected chi connectivity index (χ4v) is 4.26. The summed E-state index contributed by atoms with van der Waals surface area (Å²) in [6, 6.07) is 9.04. The number of halogens is 1. The summed E-state index contributed by atoms with van der Waals surface area (Å²) in [5.74, 6) is 0.200. The van der Waals surface area contributed by atoms with Crippen molar-refractivity contribution < 1.29 is 14.6 Å². The van der Waals surface area contributed by atoms with Gasteiger partial charge < -0.3 is 9.84 Å². The summed E-state index contributed by atoms with van der Waals surface area (Å²) in [6.07, 6.45) is 1.74. The largest absolute Gasteiger partial charge is 0.504 e. The number of thioether (sulfide) groups is 1. The number of aromatic hydroxyl groups is 1. The lowest BCUT2D eigenvalue weighted by Gasteiger charge is -2.16. The van der Waals surface area contributed by atoms with Crippen LogP contribution in [-0.2, 0) is 4.79 Å². The van der Waals surface area contributed by atoms with Gasteiger partial charge in [-0.05, 0) is 60.9 Å². The van der Waals surface area contributed by atoms with Crippen LogP contribution < -0.4 is 9.64 Å². The van der Waals surface area contributed by atoms with Gasteiger partial charge in [0, 0.05) is 4.47 Å². The molecular formula is C19H16BrNO3S2. The molecule has 1 fully saturated rings. The van der Waals surface area contributed by atoms with Gasteiger partial charge in [-0.2, -0.15) is 0 Å². The monoisotopic (exact) mass is 449 g/mol. The molecule has 2 aromatic carbocycles. The number of hydrogen-bond acceptors (Lipinski definition) is 5. The Morgan fingerprint density at radius 3 is 2.62 bits per heavy atom. The number of methoxy groups -OCH3 is 1. The summed E-state index contributed by atoms with van der Waals surface area (Å²) >= 11 is 10.1. The zero-order chi connectivity index (χ0) is 19.0. The van der Waals surface area contributed by atoms with Crippen LogP contribution in [0.5, 0.6) is 11.5 Å². The Morgan fingerprint density at radius 1 is 1.23 bits per heavy atom. The van der Waals surface area contributed by atoms with Crippen LogP contribution in [0.4, 0.5) is 5.69 Å². The van der Waals surface area contributed by atoms with E-state index >= 15 is 0 Å². The third kappa shape index (κ3) is 3.51. The summed E-state index contributed by atoms with van der Waals surface area (Å²) in [5, 5.41) is 9.83. The molecule has 1 saturated heterocycles. The Labute approximate surface area is 170 Å². The minimum absolute atomic E-state index is 0.0270. The van der Waals surface area contributed by atoms with Crippen LogP contribution in [0.3, 0.4) is 0 Å². The molecule has 0 saturated carbocycles. The van der Waals surface area contributed by atoms with E-state index in [1.165, 1.54) is 24.9 Å². The second kappa shape index (κ2) is 7.42. The molecule has 0 aromatic heterocycles. The quantitative estimate of drug-likeness (QED) is 0.516. The van der Waals surface area contributed by atoms with Crippen LogP contribution >= 0.6 is 39.9 Å². The molecule has 0 bridgehead atoms. The first kappa shape index (κ1) is 18.9. The maximum Gasteiger partial charge on any atom is 0.270 e. The topological polar surface area (TPSA) is 49.8 Å². The zero-order valence-electron chi connectivity index (χ0n) is 14.4. The van der Waals surface area contributed by atoms with Crippen LogP contribution in [0.2, 0.25) is 0 Å².